The van der Waals surface area contributed by atoms with Crippen LogP contribution in [0.25, 0.3) is 21.9 Å². The number of hydrogen-bond donors (Lipinski definition) is 1. The van der Waals surface area contributed by atoms with Crippen molar-refractivity contribution in [3.63, 3.8) is 0 Å². The Morgan fingerprint density at radius 3 is 1.97 bits per heavy atom. The largest absolute Gasteiger partial charge is 0.359 e. The first-order valence-electron chi connectivity index (χ1n) is 11.9. The van der Waals surface area contributed by atoms with Gasteiger partial charge < -0.3 is 14.8 Å². The molecule has 0 unspecified atom stereocenters. The Morgan fingerprint density at radius 2 is 1.38 bits per heavy atom. The maximum atomic E-state index is 5.19. The molecule has 0 aliphatic heterocycles. The van der Waals surface area contributed by atoms with Crippen LogP contribution in [0.3, 0.4) is 0 Å². The van der Waals surface area contributed by atoms with Crippen molar-refractivity contribution in [3.05, 3.63) is 96.1 Å². The predicted molar refractivity (Wildman–Crippen MR) is 142 cm³/mol. The van der Waals surface area contributed by atoms with E-state index in [0.717, 1.165) is 53.3 Å². The Hall–Kier alpha value is -3.86. The van der Waals surface area contributed by atoms with Crippen molar-refractivity contribution in [2.24, 2.45) is 5.92 Å². The molecule has 5 rings (SSSR count). The number of benzene rings is 3. The zero-order chi connectivity index (χ0) is 23.5. The van der Waals surface area contributed by atoms with Crippen molar-refractivity contribution in [1.29, 1.82) is 0 Å². The zero-order valence-corrected chi connectivity index (χ0v) is 20.1. The lowest BCUT2D eigenvalue weighted by Gasteiger charge is -2.25. The van der Waals surface area contributed by atoms with E-state index in [1.807, 2.05) is 7.05 Å². The average molecular weight is 450 g/mol. The standard InChI is InChI=1S/C29H31N5/c1-21(2)18-34-27-24-16-10-11-17-25(24)31-28(26(27)32-29(34)30-3)33(19-22-12-6-4-7-13-22)20-23-14-8-5-9-15-23/h4-17,21H,18-20H2,1-3H3,(H,30,32). The Balaban J connectivity index is 1.74. The molecule has 0 aliphatic rings. The van der Waals surface area contributed by atoms with Gasteiger partial charge in [-0.2, -0.15) is 0 Å². The summed E-state index contributed by atoms with van der Waals surface area (Å²) in [7, 11) is 1.94. The van der Waals surface area contributed by atoms with Gasteiger partial charge >= 0.3 is 0 Å². The quantitative estimate of drug-likeness (QED) is 0.294. The maximum absolute atomic E-state index is 5.19. The molecule has 172 valence electrons. The first-order valence-corrected chi connectivity index (χ1v) is 11.9. The fourth-order valence-electron chi connectivity index (χ4n) is 4.59. The van der Waals surface area contributed by atoms with E-state index in [1.54, 1.807) is 0 Å². The van der Waals surface area contributed by atoms with Gasteiger partial charge in [-0.25, -0.2) is 9.97 Å². The molecule has 0 fully saturated rings. The number of para-hydroxylation sites is 1. The van der Waals surface area contributed by atoms with Gasteiger partial charge in [-0.05, 0) is 23.1 Å². The van der Waals surface area contributed by atoms with E-state index in [2.05, 4.69) is 114 Å². The van der Waals surface area contributed by atoms with Crippen LogP contribution in [-0.4, -0.2) is 21.6 Å². The van der Waals surface area contributed by atoms with Crippen molar-refractivity contribution >= 4 is 33.7 Å². The number of imidazole rings is 1. The Labute approximate surface area is 201 Å². The number of aromatic nitrogens is 3. The second-order valence-electron chi connectivity index (χ2n) is 9.17. The molecule has 5 aromatic rings. The van der Waals surface area contributed by atoms with E-state index in [1.165, 1.54) is 11.1 Å². The summed E-state index contributed by atoms with van der Waals surface area (Å²) in [6, 6.07) is 29.6. The summed E-state index contributed by atoms with van der Waals surface area (Å²) in [5.41, 5.74) is 5.57. The fourth-order valence-corrected chi connectivity index (χ4v) is 4.59. The zero-order valence-electron chi connectivity index (χ0n) is 20.1. The van der Waals surface area contributed by atoms with Gasteiger partial charge in [-0.3, -0.25) is 0 Å². The minimum atomic E-state index is 0.490. The number of fused-ring (bicyclic) bond motifs is 3. The van der Waals surface area contributed by atoms with Crippen molar-refractivity contribution in [2.45, 2.75) is 33.5 Å². The molecule has 0 aliphatic carbocycles. The van der Waals surface area contributed by atoms with Gasteiger partial charge in [0.1, 0.15) is 5.52 Å². The first-order chi connectivity index (χ1) is 16.6. The van der Waals surface area contributed by atoms with Gasteiger partial charge in [0.25, 0.3) is 0 Å². The Morgan fingerprint density at radius 1 is 0.794 bits per heavy atom. The highest BCUT2D eigenvalue weighted by Gasteiger charge is 2.22. The van der Waals surface area contributed by atoms with Crippen molar-refractivity contribution in [3.8, 4) is 0 Å². The normalized spacial score (nSPS) is 11.4. The second kappa shape index (κ2) is 9.56. The predicted octanol–water partition coefficient (Wildman–Crippen LogP) is 6.49. The van der Waals surface area contributed by atoms with E-state index in [0.29, 0.717) is 5.92 Å². The number of nitrogens with zero attached hydrogens (tertiary/aromatic N) is 4. The molecule has 0 radical (unpaired) electrons. The van der Waals surface area contributed by atoms with Crippen molar-refractivity contribution in [2.75, 3.05) is 17.3 Å². The maximum Gasteiger partial charge on any atom is 0.203 e. The molecule has 2 aromatic heterocycles. The summed E-state index contributed by atoms with van der Waals surface area (Å²) >= 11 is 0. The Kier molecular flexibility index (Phi) is 6.17. The Bertz CT molecular complexity index is 1350. The molecule has 0 saturated heterocycles. The molecule has 0 atom stereocenters. The average Bonchev–Trinajstić information content (AvgIpc) is 3.22. The van der Waals surface area contributed by atoms with Crippen LogP contribution in [0.4, 0.5) is 11.8 Å². The lowest BCUT2D eigenvalue weighted by Crippen LogP contribution is -2.23. The third kappa shape index (κ3) is 4.34. The van der Waals surface area contributed by atoms with E-state index >= 15 is 0 Å². The highest BCUT2D eigenvalue weighted by atomic mass is 15.2. The molecule has 3 aromatic carbocycles. The van der Waals surface area contributed by atoms with Gasteiger partial charge in [-0.1, -0.05) is 92.7 Å². The fraction of sp³-hybridized carbons (Fsp3) is 0.241. The highest BCUT2D eigenvalue weighted by Crippen LogP contribution is 2.35. The minimum absolute atomic E-state index is 0.490. The molecule has 0 bridgehead atoms. The van der Waals surface area contributed by atoms with Gasteiger partial charge in [0.15, 0.2) is 5.82 Å². The van der Waals surface area contributed by atoms with Crippen LogP contribution < -0.4 is 10.2 Å². The lowest BCUT2D eigenvalue weighted by molar-refractivity contribution is 0.537. The minimum Gasteiger partial charge on any atom is -0.359 e. The lowest BCUT2D eigenvalue weighted by atomic mass is 10.1. The van der Waals surface area contributed by atoms with Crippen LogP contribution in [-0.2, 0) is 19.6 Å². The van der Waals surface area contributed by atoms with E-state index < -0.39 is 0 Å². The van der Waals surface area contributed by atoms with Crippen LogP contribution in [0, 0.1) is 5.92 Å². The summed E-state index contributed by atoms with van der Waals surface area (Å²) in [6.45, 7) is 6.88. The molecule has 0 saturated carbocycles. The van der Waals surface area contributed by atoms with Gasteiger partial charge in [-0.15, -0.1) is 0 Å². The first kappa shape index (κ1) is 22.0. The SMILES string of the molecule is CNc1nc2c(N(Cc3ccccc3)Cc3ccccc3)nc3ccccc3c2n1CC(C)C. The molecular formula is C29H31N5. The summed E-state index contributed by atoms with van der Waals surface area (Å²) in [5.74, 6) is 2.28. The van der Waals surface area contributed by atoms with E-state index in [-0.39, 0.29) is 0 Å². The molecule has 2 heterocycles. The smallest absolute Gasteiger partial charge is 0.203 e. The van der Waals surface area contributed by atoms with Crippen molar-refractivity contribution < 1.29 is 0 Å². The molecule has 0 spiro atoms. The number of anilines is 2. The van der Waals surface area contributed by atoms with Crippen LogP contribution in [0.1, 0.15) is 25.0 Å². The highest BCUT2D eigenvalue weighted by molar-refractivity contribution is 6.08. The van der Waals surface area contributed by atoms with Crippen LogP contribution in [0.5, 0.6) is 0 Å². The van der Waals surface area contributed by atoms with Crippen LogP contribution in [0.15, 0.2) is 84.9 Å². The van der Waals surface area contributed by atoms with Gasteiger partial charge in [0.2, 0.25) is 5.95 Å². The van der Waals surface area contributed by atoms with Crippen molar-refractivity contribution in [1.82, 2.24) is 14.5 Å². The molecular weight excluding hydrogens is 418 g/mol. The van der Waals surface area contributed by atoms with Gasteiger partial charge in [0.05, 0.1) is 11.0 Å². The summed E-state index contributed by atoms with van der Waals surface area (Å²) < 4.78 is 2.32. The molecule has 0 amide bonds. The van der Waals surface area contributed by atoms with Crippen LogP contribution in [0.2, 0.25) is 0 Å². The summed E-state index contributed by atoms with van der Waals surface area (Å²) in [5, 5.41) is 4.46. The molecule has 34 heavy (non-hydrogen) atoms. The second-order valence-corrected chi connectivity index (χ2v) is 9.17. The van der Waals surface area contributed by atoms with E-state index in [9.17, 15) is 0 Å². The monoisotopic (exact) mass is 449 g/mol. The number of nitrogens with one attached hydrogen (secondary N) is 1. The van der Waals surface area contributed by atoms with E-state index in [4.69, 9.17) is 9.97 Å². The number of rotatable bonds is 8. The summed E-state index contributed by atoms with van der Waals surface area (Å²) in [4.78, 5) is 12.6. The summed E-state index contributed by atoms with van der Waals surface area (Å²) in [6.07, 6.45) is 0. The molecule has 5 heteroatoms. The molecule has 1 N–H and O–H groups in total. The number of hydrogen-bond acceptors (Lipinski definition) is 4. The number of pyridine rings is 1. The molecule has 5 nitrogen and oxygen atoms in total. The third-order valence-corrected chi connectivity index (χ3v) is 6.07. The van der Waals surface area contributed by atoms with Gasteiger partial charge in [0, 0.05) is 32.1 Å². The topological polar surface area (TPSA) is 46.0 Å². The van der Waals surface area contributed by atoms with Crippen LogP contribution >= 0.6 is 0 Å². The third-order valence-electron chi connectivity index (χ3n) is 6.07.